The van der Waals surface area contributed by atoms with Crippen molar-refractivity contribution in [2.24, 2.45) is 10.9 Å². The first-order valence-corrected chi connectivity index (χ1v) is 13.5. The second kappa shape index (κ2) is 12.6. The minimum Gasteiger partial charge on any atom is -0.466 e. The molecular weight excluding hydrogens is 513 g/mol. The van der Waals surface area contributed by atoms with Crippen LogP contribution in [0.15, 0.2) is 51.6 Å². The number of aliphatic imine (C=N–C) groups is 1. The van der Waals surface area contributed by atoms with Gasteiger partial charge in [0.05, 0.1) is 42.9 Å². The molecule has 38 heavy (non-hydrogen) atoms. The number of allylic oxidation sites excluding steroid dienone is 1. The average Bonchev–Trinajstić information content (AvgIpc) is 3.29. The number of benzene rings is 1. The van der Waals surface area contributed by atoms with Crippen LogP contribution in [0.1, 0.15) is 44.7 Å². The Kier molecular flexibility index (Phi) is 9.22. The van der Waals surface area contributed by atoms with E-state index in [2.05, 4.69) is 4.99 Å². The van der Waals surface area contributed by atoms with E-state index in [1.807, 2.05) is 10.3 Å². The SMILES string of the molecule is CCOC(=O)C1CCN(C(=O)CC2=CSC3=NC(C)=C(C(=O)OCCOC)C(c4cccc(F)c4)N23)CC1. The molecule has 3 aliphatic heterocycles. The van der Waals surface area contributed by atoms with Crippen molar-refractivity contribution in [2.75, 3.05) is 40.0 Å². The Bertz CT molecular complexity index is 1180. The topological polar surface area (TPSA) is 97.7 Å². The van der Waals surface area contributed by atoms with Crippen molar-refractivity contribution >= 4 is 34.8 Å². The number of hydrogen-bond donors (Lipinski definition) is 0. The van der Waals surface area contributed by atoms with Gasteiger partial charge >= 0.3 is 11.9 Å². The van der Waals surface area contributed by atoms with Crippen LogP contribution in [-0.4, -0.2) is 72.8 Å². The van der Waals surface area contributed by atoms with Crippen molar-refractivity contribution in [2.45, 2.75) is 39.2 Å². The van der Waals surface area contributed by atoms with Crippen molar-refractivity contribution in [3.63, 3.8) is 0 Å². The lowest BCUT2D eigenvalue weighted by atomic mass is 9.93. The standard InChI is InChI=1S/C27H32FN3O6S/c1-4-36-25(33)18-8-10-30(11-9-18)22(32)15-21-16-38-27-29-17(2)23(26(34)37-13-12-35-3)24(31(21)27)19-6-5-7-20(28)14-19/h5-7,14,16,18,24H,4,8-13,15H2,1-3H3. The van der Waals surface area contributed by atoms with E-state index in [-0.39, 0.29) is 43.0 Å². The van der Waals surface area contributed by atoms with Crippen LogP contribution in [0, 0.1) is 11.7 Å². The minimum absolute atomic E-state index is 0.0657. The average molecular weight is 546 g/mol. The highest BCUT2D eigenvalue weighted by atomic mass is 32.2. The van der Waals surface area contributed by atoms with Crippen LogP contribution in [0.5, 0.6) is 0 Å². The maximum Gasteiger partial charge on any atom is 0.338 e. The number of likely N-dealkylation sites (tertiary alicyclic amines) is 1. The van der Waals surface area contributed by atoms with Crippen LogP contribution < -0.4 is 0 Å². The first kappa shape index (κ1) is 27.8. The molecule has 0 N–H and O–H groups in total. The maximum absolute atomic E-state index is 14.3. The van der Waals surface area contributed by atoms with E-state index >= 15 is 0 Å². The molecule has 1 atom stereocenters. The van der Waals surface area contributed by atoms with E-state index in [1.54, 1.807) is 30.9 Å². The molecular formula is C27H32FN3O6S. The van der Waals surface area contributed by atoms with Gasteiger partial charge in [0, 0.05) is 25.9 Å². The van der Waals surface area contributed by atoms with E-state index in [4.69, 9.17) is 14.2 Å². The molecule has 9 nitrogen and oxygen atoms in total. The van der Waals surface area contributed by atoms with Crippen molar-refractivity contribution in [3.05, 3.63) is 58.0 Å². The first-order valence-electron chi connectivity index (χ1n) is 12.6. The number of methoxy groups -OCH3 is 1. The lowest BCUT2D eigenvalue weighted by Crippen LogP contribution is -2.42. The van der Waals surface area contributed by atoms with Crippen LogP contribution in [0.3, 0.4) is 0 Å². The zero-order valence-electron chi connectivity index (χ0n) is 21.8. The Morgan fingerprint density at radius 2 is 1.92 bits per heavy atom. The predicted octanol–water partition coefficient (Wildman–Crippen LogP) is 3.78. The van der Waals surface area contributed by atoms with Gasteiger partial charge in [-0.25, -0.2) is 14.2 Å². The predicted molar refractivity (Wildman–Crippen MR) is 140 cm³/mol. The molecule has 1 aromatic carbocycles. The summed E-state index contributed by atoms with van der Waals surface area (Å²) >= 11 is 1.36. The Morgan fingerprint density at radius 1 is 1.16 bits per heavy atom. The van der Waals surface area contributed by atoms with Crippen LogP contribution in [0.4, 0.5) is 4.39 Å². The second-order valence-corrected chi connectivity index (χ2v) is 10.00. The number of carbonyl (C=O) groups is 3. The maximum atomic E-state index is 14.3. The van der Waals surface area contributed by atoms with Gasteiger partial charge in [-0.3, -0.25) is 9.59 Å². The number of esters is 2. The number of amidine groups is 1. The van der Waals surface area contributed by atoms with Gasteiger partial charge in [-0.2, -0.15) is 0 Å². The van der Waals surface area contributed by atoms with E-state index in [9.17, 15) is 18.8 Å². The summed E-state index contributed by atoms with van der Waals surface area (Å²) in [5, 5.41) is 2.45. The highest BCUT2D eigenvalue weighted by molar-refractivity contribution is 8.16. The molecule has 0 radical (unpaired) electrons. The number of ether oxygens (including phenoxy) is 3. The van der Waals surface area contributed by atoms with E-state index in [0.717, 1.165) is 0 Å². The molecule has 3 aliphatic rings. The number of rotatable bonds is 9. The lowest BCUT2D eigenvalue weighted by molar-refractivity contribution is -0.151. The van der Waals surface area contributed by atoms with Crippen molar-refractivity contribution < 1.29 is 33.0 Å². The summed E-state index contributed by atoms with van der Waals surface area (Å²) in [4.78, 5) is 46.7. The highest BCUT2D eigenvalue weighted by Gasteiger charge is 2.42. The van der Waals surface area contributed by atoms with E-state index in [1.165, 1.54) is 31.0 Å². The Hall–Kier alpha value is -3.18. The summed E-state index contributed by atoms with van der Waals surface area (Å²) < 4.78 is 29.9. The molecule has 1 aromatic rings. The van der Waals surface area contributed by atoms with Gasteiger partial charge in [0.15, 0.2) is 5.17 Å². The highest BCUT2D eigenvalue weighted by Crippen LogP contribution is 2.45. The van der Waals surface area contributed by atoms with E-state index in [0.29, 0.717) is 54.7 Å². The fraction of sp³-hybridized carbons (Fsp3) is 0.481. The molecule has 204 valence electrons. The largest absolute Gasteiger partial charge is 0.466 e. The third-order valence-corrected chi connectivity index (χ3v) is 7.59. The number of carbonyl (C=O) groups excluding carboxylic acids is 3. The quantitative estimate of drug-likeness (QED) is 0.342. The van der Waals surface area contributed by atoms with Crippen molar-refractivity contribution in [3.8, 4) is 0 Å². The smallest absolute Gasteiger partial charge is 0.338 e. The molecule has 0 spiro atoms. The fourth-order valence-electron chi connectivity index (χ4n) is 4.81. The Labute approximate surface area is 225 Å². The van der Waals surface area contributed by atoms with E-state index < -0.39 is 17.8 Å². The number of fused-ring (bicyclic) bond motifs is 1. The van der Waals surface area contributed by atoms with Gasteiger partial charge in [0.2, 0.25) is 5.91 Å². The molecule has 0 saturated carbocycles. The van der Waals surface area contributed by atoms with Crippen molar-refractivity contribution in [1.82, 2.24) is 9.80 Å². The van der Waals surface area contributed by atoms with Gasteiger partial charge in [-0.15, -0.1) is 0 Å². The fourth-order valence-corrected chi connectivity index (χ4v) is 5.77. The van der Waals surface area contributed by atoms with Crippen LogP contribution in [-0.2, 0) is 28.6 Å². The molecule has 1 saturated heterocycles. The third-order valence-electron chi connectivity index (χ3n) is 6.71. The summed E-state index contributed by atoms with van der Waals surface area (Å²) in [5.41, 5.74) is 1.97. The van der Waals surface area contributed by atoms with Crippen LogP contribution in [0.25, 0.3) is 0 Å². The first-order chi connectivity index (χ1) is 18.3. The van der Waals surface area contributed by atoms with Crippen LogP contribution in [0.2, 0.25) is 0 Å². The number of halogens is 1. The Balaban J connectivity index is 1.55. The summed E-state index contributed by atoms with van der Waals surface area (Å²) in [7, 11) is 1.51. The van der Waals surface area contributed by atoms with Gasteiger partial charge in [-0.1, -0.05) is 23.9 Å². The normalized spacial score (nSPS) is 19.6. The third kappa shape index (κ3) is 6.10. The molecule has 0 aromatic heterocycles. The molecule has 4 rings (SSSR count). The number of hydrogen-bond acceptors (Lipinski definition) is 9. The number of nitrogens with zero attached hydrogens (tertiary/aromatic N) is 3. The second-order valence-electron chi connectivity index (χ2n) is 9.16. The van der Waals surface area contributed by atoms with Crippen LogP contribution >= 0.6 is 11.8 Å². The van der Waals surface area contributed by atoms with Gasteiger partial charge in [0.1, 0.15) is 12.4 Å². The molecule has 0 bridgehead atoms. The minimum atomic E-state index is -0.711. The molecule has 1 unspecified atom stereocenters. The Morgan fingerprint density at radius 3 is 2.61 bits per heavy atom. The summed E-state index contributed by atoms with van der Waals surface area (Å²) in [6, 6.07) is 5.34. The van der Waals surface area contributed by atoms with Gasteiger partial charge in [0.25, 0.3) is 0 Å². The summed E-state index contributed by atoms with van der Waals surface area (Å²) in [5.74, 6) is -1.50. The number of thioether (sulfide) groups is 1. The zero-order chi connectivity index (χ0) is 27.2. The molecule has 11 heteroatoms. The molecule has 1 fully saturated rings. The molecule has 3 heterocycles. The molecule has 0 aliphatic carbocycles. The molecule has 1 amide bonds. The zero-order valence-corrected chi connectivity index (χ0v) is 22.6. The number of amides is 1. The van der Waals surface area contributed by atoms with Gasteiger partial charge < -0.3 is 24.0 Å². The summed E-state index contributed by atoms with van der Waals surface area (Å²) in [6.45, 7) is 5.08. The van der Waals surface area contributed by atoms with Crippen molar-refractivity contribution in [1.29, 1.82) is 0 Å². The monoisotopic (exact) mass is 545 g/mol. The number of piperidine rings is 1. The lowest BCUT2D eigenvalue weighted by Gasteiger charge is -2.37. The van der Waals surface area contributed by atoms with Gasteiger partial charge in [-0.05, 0) is 49.8 Å². The summed E-state index contributed by atoms with van der Waals surface area (Å²) in [6.07, 6.45) is 1.19.